The molecule has 0 saturated carbocycles. The molecule has 1 unspecified atom stereocenters. The molecule has 1 heterocycles. The molecule has 0 radical (unpaired) electrons. The summed E-state index contributed by atoms with van der Waals surface area (Å²) in [6.45, 7) is 8.02. The average Bonchev–Trinajstić information content (AvgIpc) is 2.36. The molecule has 1 aliphatic rings. The molecule has 1 aliphatic heterocycles. The summed E-state index contributed by atoms with van der Waals surface area (Å²) in [7, 11) is 0. The van der Waals surface area contributed by atoms with E-state index in [2.05, 4.69) is 46.8 Å². The van der Waals surface area contributed by atoms with Crippen molar-refractivity contribution in [2.75, 3.05) is 26.2 Å². The van der Waals surface area contributed by atoms with E-state index in [9.17, 15) is 0 Å². The normalized spacial score (nSPS) is 18.6. The van der Waals surface area contributed by atoms with E-state index in [0.717, 1.165) is 38.4 Å². The molecule has 2 rings (SSSR count). The number of benzene rings is 1. The number of aryl methyl sites for hydroxylation is 2. The van der Waals surface area contributed by atoms with Crippen LogP contribution in [0.3, 0.4) is 0 Å². The van der Waals surface area contributed by atoms with Gasteiger partial charge in [-0.3, -0.25) is 4.90 Å². The van der Waals surface area contributed by atoms with Gasteiger partial charge in [0.15, 0.2) is 0 Å². The second-order valence-electron chi connectivity index (χ2n) is 5.42. The van der Waals surface area contributed by atoms with Crippen molar-refractivity contribution in [2.24, 2.45) is 5.73 Å². The number of nitrogens with two attached hydrogens (primary N) is 1. The predicted molar refractivity (Wildman–Crippen MR) is 97.3 cm³/mol. The van der Waals surface area contributed by atoms with Gasteiger partial charge in [0.05, 0.1) is 0 Å². The van der Waals surface area contributed by atoms with Gasteiger partial charge in [-0.2, -0.15) is 0 Å². The standard InChI is InChI=1S/C15H23BrN2O.2ClH/c1-11-8-14(9-12(2)15(11)16)19-7-6-18-5-3-4-13(17)10-18;;/h8-9,13H,3-7,10,17H2,1-2H3;2*1H. The SMILES string of the molecule is Cc1cc(OCCN2CCCC(N)C2)cc(C)c1Br.Cl.Cl. The van der Waals surface area contributed by atoms with Gasteiger partial charge in [0, 0.05) is 23.6 Å². The molecule has 1 saturated heterocycles. The molecule has 0 bridgehead atoms. The van der Waals surface area contributed by atoms with Crippen molar-refractivity contribution in [1.82, 2.24) is 4.90 Å². The van der Waals surface area contributed by atoms with Crippen molar-refractivity contribution < 1.29 is 4.74 Å². The summed E-state index contributed by atoms with van der Waals surface area (Å²) in [5.74, 6) is 0.958. The van der Waals surface area contributed by atoms with Crippen LogP contribution in [0.25, 0.3) is 0 Å². The molecule has 0 amide bonds. The van der Waals surface area contributed by atoms with Gasteiger partial charge in [-0.1, -0.05) is 15.9 Å². The van der Waals surface area contributed by atoms with Crippen LogP contribution in [-0.2, 0) is 0 Å². The number of hydrogen-bond acceptors (Lipinski definition) is 3. The molecule has 3 nitrogen and oxygen atoms in total. The van der Waals surface area contributed by atoms with Gasteiger partial charge in [-0.25, -0.2) is 0 Å². The second kappa shape index (κ2) is 9.90. The van der Waals surface area contributed by atoms with Gasteiger partial charge < -0.3 is 10.5 Å². The van der Waals surface area contributed by atoms with E-state index < -0.39 is 0 Å². The highest BCUT2D eigenvalue weighted by atomic mass is 79.9. The zero-order valence-corrected chi connectivity index (χ0v) is 15.8. The van der Waals surface area contributed by atoms with Crippen molar-refractivity contribution in [3.8, 4) is 5.75 Å². The zero-order chi connectivity index (χ0) is 13.8. The number of piperidine rings is 1. The number of hydrogen-bond donors (Lipinski definition) is 1. The number of halogens is 3. The second-order valence-corrected chi connectivity index (χ2v) is 6.22. The molecule has 1 aromatic carbocycles. The first-order valence-corrected chi connectivity index (χ1v) is 7.73. The number of rotatable bonds is 4. The van der Waals surface area contributed by atoms with Crippen molar-refractivity contribution in [1.29, 1.82) is 0 Å². The molecule has 1 atom stereocenters. The van der Waals surface area contributed by atoms with Gasteiger partial charge in [0.25, 0.3) is 0 Å². The van der Waals surface area contributed by atoms with Crippen LogP contribution in [0.4, 0.5) is 0 Å². The third-order valence-corrected chi connectivity index (χ3v) is 4.88. The fraction of sp³-hybridized carbons (Fsp3) is 0.600. The maximum atomic E-state index is 5.98. The van der Waals surface area contributed by atoms with Gasteiger partial charge >= 0.3 is 0 Å². The zero-order valence-electron chi connectivity index (χ0n) is 12.6. The van der Waals surface area contributed by atoms with Gasteiger partial charge in [-0.15, -0.1) is 24.8 Å². The summed E-state index contributed by atoms with van der Waals surface area (Å²) >= 11 is 3.57. The molecule has 0 aliphatic carbocycles. The van der Waals surface area contributed by atoms with E-state index in [-0.39, 0.29) is 24.8 Å². The minimum Gasteiger partial charge on any atom is -0.492 e. The van der Waals surface area contributed by atoms with E-state index in [0.29, 0.717) is 6.04 Å². The summed E-state index contributed by atoms with van der Waals surface area (Å²) in [5.41, 5.74) is 8.41. The molecule has 122 valence electrons. The average molecular weight is 400 g/mol. The van der Waals surface area contributed by atoms with Gasteiger partial charge in [0.2, 0.25) is 0 Å². The summed E-state index contributed by atoms with van der Waals surface area (Å²) < 4.78 is 7.03. The highest BCUT2D eigenvalue weighted by Gasteiger charge is 2.16. The Morgan fingerprint density at radius 2 is 1.90 bits per heavy atom. The fourth-order valence-corrected chi connectivity index (χ4v) is 2.81. The van der Waals surface area contributed by atoms with E-state index >= 15 is 0 Å². The third-order valence-electron chi connectivity index (χ3n) is 3.63. The van der Waals surface area contributed by atoms with Crippen LogP contribution in [0.2, 0.25) is 0 Å². The van der Waals surface area contributed by atoms with Crippen LogP contribution in [-0.4, -0.2) is 37.2 Å². The Morgan fingerprint density at radius 1 is 1.29 bits per heavy atom. The monoisotopic (exact) mass is 398 g/mol. The predicted octanol–water partition coefficient (Wildman–Crippen LogP) is 3.71. The van der Waals surface area contributed by atoms with Gasteiger partial charge in [-0.05, 0) is 56.5 Å². The maximum Gasteiger partial charge on any atom is 0.119 e. The minimum atomic E-state index is 0. The lowest BCUT2D eigenvalue weighted by atomic mass is 10.1. The van der Waals surface area contributed by atoms with E-state index in [4.69, 9.17) is 10.5 Å². The summed E-state index contributed by atoms with van der Waals surface area (Å²) in [6.07, 6.45) is 2.36. The summed E-state index contributed by atoms with van der Waals surface area (Å²) in [5, 5.41) is 0. The van der Waals surface area contributed by atoms with Crippen molar-refractivity contribution in [2.45, 2.75) is 32.7 Å². The Morgan fingerprint density at radius 3 is 2.48 bits per heavy atom. The molecular formula is C15H25BrCl2N2O. The van der Waals surface area contributed by atoms with Crippen LogP contribution in [0.5, 0.6) is 5.75 Å². The molecule has 1 fully saturated rings. The van der Waals surface area contributed by atoms with Crippen molar-refractivity contribution in [3.05, 3.63) is 27.7 Å². The number of ether oxygens (including phenoxy) is 1. The van der Waals surface area contributed by atoms with Gasteiger partial charge in [0.1, 0.15) is 12.4 Å². The quantitative estimate of drug-likeness (QED) is 0.838. The highest BCUT2D eigenvalue weighted by molar-refractivity contribution is 9.10. The van der Waals surface area contributed by atoms with E-state index in [1.807, 2.05) is 0 Å². The van der Waals surface area contributed by atoms with Crippen molar-refractivity contribution in [3.63, 3.8) is 0 Å². The van der Waals surface area contributed by atoms with Crippen LogP contribution in [0, 0.1) is 13.8 Å². The largest absolute Gasteiger partial charge is 0.492 e. The molecule has 1 aromatic rings. The molecule has 2 N–H and O–H groups in total. The lowest BCUT2D eigenvalue weighted by molar-refractivity contribution is 0.171. The van der Waals surface area contributed by atoms with Crippen LogP contribution < -0.4 is 10.5 Å². The third kappa shape index (κ3) is 6.33. The highest BCUT2D eigenvalue weighted by Crippen LogP contribution is 2.26. The Hall–Kier alpha value is -0.000000000000000111. The lowest BCUT2D eigenvalue weighted by Crippen LogP contribution is -2.44. The molecular weight excluding hydrogens is 375 g/mol. The molecule has 21 heavy (non-hydrogen) atoms. The minimum absolute atomic E-state index is 0. The molecule has 0 spiro atoms. The Labute approximate surface area is 148 Å². The number of nitrogens with zero attached hydrogens (tertiary/aromatic N) is 1. The Kier molecular flexibility index (Phi) is 9.90. The lowest BCUT2D eigenvalue weighted by Gasteiger charge is -2.30. The topological polar surface area (TPSA) is 38.5 Å². The molecule has 0 aromatic heterocycles. The maximum absolute atomic E-state index is 5.98. The fourth-order valence-electron chi connectivity index (χ4n) is 2.58. The Bertz CT molecular complexity index is 423. The number of likely N-dealkylation sites (tertiary alicyclic amines) is 1. The first-order valence-electron chi connectivity index (χ1n) is 6.93. The molecule has 6 heteroatoms. The summed E-state index contributed by atoms with van der Waals surface area (Å²) in [4.78, 5) is 2.40. The first-order chi connectivity index (χ1) is 9.06. The smallest absolute Gasteiger partial charge is 0.119 e. The van der Waals surface area contributed by atoms with E-state index in [1.54, 1.807) is 0 Å². The van der Waals surface area contributed by atoms with Crippen LogP contribution in [0.15, 0.2) is 16.6 Å². The van der Waals surface area contributed by atoms with Crippen LogP contribution >= 0.6 is 40.7 Å². The summed E-state index contributed by atoms with van der Waals surface area (Å²) in [6, 6.07) is 4.50. The first kappa shape index (κ1) is 21.0. The van der Waals surface area contributed by atoms with E-state index in [1.165, 1.54) is 22.0 Å². The van der Waals surface area contributed by atoms with Crippen LogP contribution in [0.1, 0.15) is 24.0 Å². The Balaban J connectivity index is 0.00000200. The van der Waals surface area contributed by atoms with Crippen molar-refractivity contribution >= 4 is 40.7 Å².